The number of benzene rings is 9. The second-order valence-corrected chi connectivity index (χ2v) is 14.3. The van der Waals surface area contributed by atoms with Crippen LogP contribution in [0.1, 0.15) is 8.22 Å². The summed E-state index contributed by atoms with van der Waals surface area (Å²) in [4.78, 5) is 16.6. The van der Waals surface area contributed by atoms with E-state index in [2.05, 4.69) is 0 Å². The number of furan rings is 1. The van der Waals surface area contributed by atoms with E-state index in [1.165, 1.54) is 0 Å². The molecule has 0 fully saturated rings. The van der Waals surface area contributed by atoms with Crippen molar-refractivity contribution in [3.63, 3.8) is 0 Å². The van der Waals surface area contributed by atoms with E-state index in [9.17, 15) is 5.48 Å². The van der Waals surface area contributed by atoms with Crippen molar-refractivity contribution in [3.8, 4) is 56.4 Å². The first-order valence-corrected chi connectivity index (χ1v) is 19.6. The van der Waals surface area contributed by atoms with Crippen LogP contribution in [-0.4, -0.2) is 15.0 Å². The molecule has 0 amide bonds. The second-order valence-electron chi connectivity index (χ2n) is 14.3. The molecular weight excluding hydrogens is 733 g/mol. The van der Waals surface area contributed by atoms with Gasteiger partial charge in [0.25, 0.3) is 0 Å². The smallest absolute Gasteiger partial charge is 0.164 e. The maximum atomic E-state index is 9.77. The van der Waals surface area contributed by atoms with Gasteiger partial charge in [0.2, 0.25) is 0 Å². The third kappa shape index (κ3) is 6.35. The number of aromatic nitrogens is 3. The zero-order valence-corrected chi connectivity index (χ0v) is 32.0. The van der Waals surface area contributed by atoms with Crippen molar-refractivity contribution < 1.29 is 12.6 Å². The highest BCUT2D eigenvalue weighted by atomic mass is 16.3. The fourth-order valence-electron chi connectivity index (χ4n) is 7.81. The Balaban J connectivity index is 1.13. The molecule has 0 saturated carbocycles. The zero-order valence-electron chi connectivity index (χ0n) is 38.0. The monoisotopic (exact) mass is 774 g/mol. The molecular formula is C55H36N4O. The van der Waals surface area contributed by atoms with Gasteiger partial charge < -0.3 is 9.32 Å². The minimum atomic E-state index is -0.365. The highest BCUT2D eigenvalue weighted by Crippen LogP contribution is 2.44. The average molecular weight is 775 g/mol. The molecule has 0 radical (unpaired) electrons. The summed E-state index contributed by atoms with van der Waals surface area (Å²) in [6, 6.07) is 56.5. The molecule has 60 heavy (non-hydrogen) atoms. The third-order valence-electron chi connectivity index (χ3n) is 10.7. The Morgan fingerprint density at radius 3 is 1.53 bits per heavy atom. The maximum absolute atomic E-state index is 9.77. The van der Waals surface area contributed by atoms with Crippen LogP contribution >= 0.6 is 0 Å². The van der Waals surface area contributed by atoms with Crippen molar-refractivity contribution in [1.82, 2.24) is 15.0 Å². The lowest BCUT2D eigenvalue weighted by molar-refractivity contribution is 0.669. The van der Waals surface area contributed by atoms with Crippen LogP contribution in [0.5, 0.6) is 0 Å². The van der Waals surface area contributed by atoms with Crippen LogP contribution in [0.4, 0.5) is 17.1 Å². The summed E-state index contributed by atoms with van der Waals surface area (Å²) in [6.45, 7) is 0. The molecule has 11 aromatic rings. The van der Waals surface area contributed by atoms with Gasteiger partial charge in [-0.25, -0.2) is 15.0 Å². The third-order valence-corrected chi connectivity index (χ3v) is 10.7. The lowest BCUT2D eigenvalue weighted by atomic mass is 9.92. The molecule has 2 aromatic heterocycles. The first kappa shape index (κ1) is 29.1. The van der Waals surface area contributed by atoms with Crippen LogP contribution in [0.2, 0.25) is 0 Å². The quantitative estimate of drug-likeness (QED) is 0.154. The summed E-state index contributed by atoms with van der Waals surface area (Å²) < 4.78 is 63.2. The van der Waals surface area contributed by atoms with Crippen LogP contribution < -0.4 is 4.90 Å². The summed E-state index contributed by atoms with van der Waals surface area (Å²) in [5.41, 5.74) is 6.61. The number of para-hydroxylation sites is 1. The molecule has 5 heteroatoms. The van der Waals surface area contributed by atoms with E-state index in [1.54, 1.807) is 4.90 Å². The molecule has 0 atom stereocenters. The van der Waals surface area contributed by atoms with Crippen molar-refractivity contribution in [2.75, 3.05) is 4.90 Å². The van der Waals surface area contributed by atoms with E-state index in [4.69, 9.17) is 22.1 Å². The van der Waals surface area contributed by atoms with Gasteiger partial charge in [0, 0.05) is 50.6 Å². The van der Waals surface area contributed by atoms with Crippen LogP contribution in [0.25, 0.3) is 89.1 Å². The number of hydrogen-bond donors (Lipinski definition) is 0. The molecule has 282 valence electrons. The molecule has 0 N–H and O–H groups in total. The Morgan fingerprint density at radius 1 is 0.367 bits per heavy atom. The van der Waals surface area contributed by atoms with Crippen LogP contribution in [0, 0.1) is 0 Å². The number of rotatable bonds is 8. The highest BCUT2D eigenvalue weighted by molar-refractivity contribution is 6.17. The lowest BCUT2D eigenvalue weighted by Gasteiger charge is -2.25. The normalized spacial score (nSPS) is 12.7. The largest absolute Gasteiger partial charge is 0.456 e. The van der Waals surface area contributed by atoms with Gasteiger partial charge in [0.05, 0.1) is 8.22 Å². The minimum absolute atomic E-state index is 0.0180. The molecule has 2 heterocycles. The Morgan fingerprint density at radius 2 is 0.883 bits per heavy atom. The Bertz CT molecular complexity index is 3590. The van der Waals surface area contributed by atoms with Gasteiger partial charge in [-0.15, -0.1) is 0 Å². The predicted molar refractivity (Wildman–Crippen MR) is 246 cm³/mol. The van der Waals surface area contributed by atoms with Gasteiger partial charge >= 0.3 is 0 Å². The van der Waals surface area contributed by atoms with Crippen molar-refractivity contribution in [2.45, 2.75) is 0 Å². The molecule has 0 unspecified atom stereocenters. The molecule has 0 aliphatic carbocycles. The van der Waals surface area contributed by atoms with Crippen LogP contribution in [0.3, 0.4) is 0 Å². The van der Waals surface area contributed by atoms with Gasteiger partial charge in [-0.3, -0.25) is 0 Å². The summed E-state index contributed by atoms with van der Waals surface area (Å²) in [5, 5.41) is 1.81. The molecule has 11 rings (SSSR count). The topological polar surface area (TPSA) is 55.1 Å². The van der Waals surface area contributed by atoms with E-state index < -0.39 is 0 Å². The predicted octanol–water partition coefficient (Wildman–Crippen LogP) is 14.7. The summed E-state index contributed by atoms with van der Waals surface area (Å²) in [5.74, 6) is 1.45. The molecule has 0 aliphatic heterocycles. The van der Waals surface area contributed by atoms with Gasteiger partial charge in [0.15, 0.2) is 17.5 Å². The lowest BCUT2D eigenvalue weighted by Crippen LogP contribution is -2.09. The Hall–Kier alpha value is -8.15. The van der Waals surface area contributed by atoms with E-state index in [1.807, 2.05) is 182 Å². The van der Waals surface area contributed by atoms with Crippen molar-refractivity contribution >= 4 is 49.8 Å². The first-order valence-electron chi connectivity index (χ1n) is 22.6. The SMILES string of the molecule is [2H]c1c([2H])c(-c2ccc(-c3nc(-c4ccccc4)nc(-c4ccccc4)n3)c3ccccc23)c2c(oc3c([2H])c(N(c4ccccc4)c4ccc(-c5ccccc5)cc4)c([2H])c([2H])c32)c1[2H]. The number of hydrogen-bond acceptors (Lipinski definition) is 5. The summed E-state index contributed by atoms with van der Waals surface area (Å²) in [7, 11) is 0. The Kier molecular flexibility index (Phi) is 7.27. The minimum Gasteiger partial charge on any atom is -0.456 e. The second kappa shape index (κ2) is 15.0. The molecule has 0 saturated heterocycles. The standard InChI is InChI=1S/C55H36N4O/c1-5-16-37(17-6-1)38-28-30-42(31-29-38)59(41-22-11-4-12-23-41)43-32-33-49-51(36-43)60-50-27-15-26-47(52(49)50)46-34-35-48(45-25-14-13-24-44(45)46)55-57-53(39-18-7-2-8-19-39)56-54(58-55)40-20-9-3-10-21-40/h1-36H/i15D,26D,27D,32D,33D,36D. The van der Waals surface area contributed by atoms with Gasteiger partial charge in [0.1, 0.15) is 11.2 Å². The molecule has 0 aliphatic rings. The summed E-state index contributed by atoms with van der Waals surface area (Å²) in [6.07, 6.45) is 0. The first-order chi connectivity index (χ1) is 32.3. The van der Waals surface area contributed by atoms with Gasteiger partial charge in [-0.2, -0.15) is 0 Å². The zero-order chi connectivity index (χ0) is 45.1. The summed E-state index contributed by atoms with van der Waals surface area (Å²) >= 11 is 0. The van der Waals surface area contributed by atoms with Crippen molar-refractivity contribution in [2.24, 2.45) is 0 Å². The fourth-order valence-corrected chi connectivity index (χ4v) is 7.81. The van der Waals surface area contributed by atoms with E-state index >= 15 is 0 Å². The average Bonchev–Trinajstić information content (AvgIpc) is 3.78. The fraction of sp³-hybridized carbons (Fsp3) is 0. The van der Waals surface area contributed by atoms with E-state index in [-0.39, 0.29) is 69.4 Å². The number of fused-ring (bicyclic) bond motifs is 4. The molecule has 9 aromatic carbocycles. The maximum Gasteiger partial charge on any atom is 0.164 e. The molecule has 0 bridgehead atoms. The number of anilines is 3. The van der Waals surface area contributed by atoms with Crippen molar-refractivity contribution in [1.29, 1.82) is 0 Å². The van der Waals surface area contributed by atoms with E-state index in [0.717, 1.165) is 27.6 Å². The van der Waals surface area contributed by atoms with Crippen molar-refractivity contribution in [3.05, 3.63) is 218 Å². The number of nitrogens with zero attached hydrogens (tertiary/aromatic N) is 4. The van der Waals surface area contributed by atoms with E-state index in [0.29, 0.717) is 45.4 Å². The highest BCUT2D eigenvalue weighted by Gasteiger charge is 2.20. The molecule has 5 nitrogen and oxygen atoms in total. The molecule has 0 spiro atoms. The Labute approximate surface area is 356 Å². The van der Waals surface area contributed by atoms with Gasteiger partial charge in [-0.05, 0) is 81.5 Å². The van der Waals surface area contributed by atoms with Crippen LogP contribution in [-0.2, 0) is 0 Å². The van der Waals surface area contributed by atoms with Crippen LogP contribution in [0.15, 0.2) is 223 Å². The van der Waals surface area contributed by atoms with Gasteiger partial charge in [-0.1, -0.05) is 164 Å².